The number of hydrogen-bond donors (Lipinski definition) is 2. The van der Waals surface area contributed by atoms with Crippen LogP contribution in [0.4, 0.5) is 0 Å². The molecule has 0 aromatic rings. The van der Waals surface area contributed by atoms with Crippen molar-refractivity contribution in [3.63, 3.8) is 0 Å². The van der Waals surface area contributed by atoms with Crippen molar-refractivity contribution in [3.8, 4) is 0 Å². The van der Waals surface area contributed by atoms with Crippen molar-refractivity contribution in [2.24, 2.45) is 5.92 Å². The van der Waals surface area contributed by atoms with E-state index in [0.717, 1.165) is 5.92 Å². The summed E-state index contributed by atoms with van der Waals surface area (Å²) in [5.74, 6) is -2.54. The molecule has 0 aromatic carbocycles. The molecule has 2 N–H and O–H groups in total. The van der Waals surface area contributed by atoms with E-state index in [1.165, 1.54) is 38.9 Å². The van der Waals surface area contributed by atoms with Gasteiger partial charge in [0.15, 0.2) is 0 Å². The van der Waals surface area contributed by atoms with Gasteiger partial charge in [-0.15, -0.1) is 0 Å². The van der Waals surface area contributed by atoms with Crippen molar-refractivity contribution in [1.82, 2.24) is 4.90 Å². The SMILES string of the molecule is C1CN2CCC1CC2.O=C(O)C(=O)O. The summed E-state index contributed by atoms with van der Waals surface area (Å²) in [6.07, 6.45) is 4.46. The molecule has 3 fully saturated rings. The van der Waals surface area contributed by atoms with Crippen LogP contribution in [0.1, 0.15) is 19.3 Å². The average molecular weight is 201 g/mol. The highest BCUT2D eigenvalue weighted by molar-refractivity contribution is 6.27. The minimum Gasteiger partial charge on any atom is -0.473 e. The zero-order valence-corrected chi connectivity index (χ0v) is 7.98. The third kappa shape index (κ3) is 3.33. The number of fused-ring (bicyclic) bond motifs is 3. The molecule has 0 saturated carbocycles. The monoisotopic (exact) mass is 201 g/mol. The molecule has 0 atom stereocenters. The third-order valence-electron chi connectivity index (χ3n) is 2.74. The fourth-order valence-electron chi connectivity index (χ4n) is 1.86. The molecule has 3 heterocycles. The van der Waals surface area contributed by atoms with Gasteiger partial charge in [-0.05, 0) is 44.8 Å². The van der Waals surface area contributed by atoms with Gasteiger partial charge in [-0.1, -0.05) is 0 Å². The number of carboxylic acid groups (broad SMARTS) is 2. The topological polar surface area (TPSA) is 77.8 Å². The van der Waals surface area contributed by atoms with Crippen LogP contribution in [-0.4, -0.2) is 46.7 Å². The van der Waals surface area contributed by atoms with Crippen LogP contribution in [0.3, 0.4) is 0 Å². The maximum Gasteiger partial charge on any atom is 0.414 e. The maximum absolute atomic E-state index is 9.10. The average Bonchev–Trinajstić information content (AvgIpc) is 2.21. The molecule has 14 heavy (non-hydrogen) atoms. The Kier molecular flexibility index (Phi) is 3.88. The summed E-state index contributed by atoms with van der Waals surface area (Å²) >= 11 is 0. The molecule has 80 valence electrons. The number of carboxylic acids is 2. The Morgan fingerprint density at radius 3 is 1.36 bits per heavy atom. The van der Waals surface area contributed by atoms with Crippen molar-refractivity contribution in [2.75, 3.05) is 19.6 Å². The Bertz CT molecular complexity index is 186. The second-order valence-electron chi connectivity index (χ2n) is 3.68. The lowest BCUT2D eigenvalue weighted by Gasteiger charge is -2.38. The third-order valence-corrected chi connectivity index (χ3v) is 2.74. The molecule has 0 unspecified atom stereocenters. The van der Waals surface area contributed by atoms with E-state index >= 15 is 0 Å². The number of rotatable bonds is 0. The van der Waals surface area contributed by atoms with Crippen LogP contribution in [0.2, 0.25) is 0 Å². The smallest absolute Gasteiger partial charge is 0.414 e. The first kappa shape index (κ1) is 11.0. The molecule has 3 rings (SSSR count). The standard InChI is InChI=1S/C7H13N.C2H2O4/c1-4-8-5-2-7(1)3-6-8;3-1(4)2(5)6/h7H,1-6H2;(H,3,4)(H,5,6). The number of piperidine rings is 3. The number of aliphatic carboxylic acids is 2. The van der Waals surface area contributed by atoms with Gasteiger partial charge < -0.3 is 15.1 Å². The summed E-state index contributed by atoms with van der Waals surface area (Å²) in [5, 5.41) is 14.8. The quantitative estimate of drug-likeness (QED) is 0.549. The van der Waals surface area contributed by atoms with Gasteiger partial charge in [0, 0.05) is 0 Å². The van der Waals surface area contributed by atoms with Gasteiger partial charge in [-0.3, -0.25) is 0 Å². The van der Waals surface area contributed by atoms with Crippen LogP contribution >= 0.6 is 0 Å². The molecular weight excluding hydrogens is 186 g/mol. The van der Waals surface area contributed by atoms with Gasteiger partial charge >= 0.3 is 11.9 Å². The first-order valence-corrected chi connectivity index (χ1v) is 4.78. The lowest BCUT2D eigenvalue weighted by molar-refractivity contribution is -0.159. The summed E-state index contributed by atoms with van der Waals surface area (Å²) < 4.78 is 0. The summed E-state index contributed by atoms with van der Waals surface area (Å²) in [6.45, 7) is 4.18. The van der Waals surface area contributed by atoms with E-state index < -0.39 is 11.9 Å². The van der Waals surface area contributed by atoms with Crippen molar-refractivity contribution in [1.29, 1.82) is 0 Å². The van der Waals surface area contributed by atoms with E-state index in [2.05, 4.69) is 4.90 Å². The van der Waals surface area contributed by atoms with Gasteiger partial charge in [0.1, 0.15) is 0 Å². The highest BCUT2D eigenvalue weighted by atomic mass is 16.4. The Hall–Kier alpha value is -1.10. The van der Waals surface area contributed by atoms with Crippen LogP contribution < -0.4 is 0 Å². The molecule has 2 bridgehead atoms. The maximum atomic E-state index is 9.10. The summed E-state index contributed by atoms with van der Waals surface area (Å²) in [5.41, 5.74) is 0. The van der Waals surface area contributed by atoms with E-state index in [4.69, 9.17) is 19.8 Å². The number of carbonyl (C=O) groups is 2. The van der Waals surface area contributed by atoms with Gasteiger partial charge in [0.2, 0.25) is 0 Å². The van der Waals surface area contributed by atoms with E-state index in [-0.39, 0.29) is 0 Å². The van der Waals surface area contributed by atoms with Crippen molar-refractivity contribution in [2.45, 2.75) is 19.3 Å². The lowest BCUT2D eigenvalue weighted by atomic mass is 9.89. The minimum atomic E-state index is -1.82. The van der Waals surface area contributed by atoms with Crippen LogP contribution in [0, 0.1) is 5.92 Å². The van der Waals surface area contributed by atoms with Gasteiger partial charge in [0.25, 0.3) is 0 Å². The minimum absolute atomic E-state index is 1.11. The van der Waals surface area contributed by atoms with Crippen molar-refractivity contribution < 1.29 is 19.8 Å². The first-order chi connectivity index (χ1) is 6.59. The predicted octanol–water partition coefficient (Wildman–Crippen LogP) is 0.258. The lowest BCUT2D eigenvalue weighted by Crippen LogP contribution is -2.41. The molecule has 0 aromatic heterocycles. The number of hydrogen-bond acceptors (Lipinski definition) is 3. The zero-order valence-electron chi connectivity index (χ0n) is 7.98. The largest absolute Gasteiger partial charge is 0.473 e. The summed E-state index contributed by atoms with van der Waals surface area (Å²) in [7, 11) is 0. The molecule has 0 radical (unpaired) electrons. The highest BCUT2D eigenvalue weighted by Crippen LogP contribution is 2.26. The van der Waals surface area contributed by atoms with Crippen molar-refractivity contribution in [3.05, 3.63) is 0 Å². The molecule has 5 heteroatoms. The molecule has 3 aliphatic heterocycles. The predicted molar refractivity (Wildman–Crippen MR) is 49.1 cm³/mol. The van der Waals surface area contributed by atoms with E-state index in [0.29, 0.717) is 0 Å². The normalized spacial score (nSPS) is 28.9. The van der Waals surface area contributed by atoms with Gasteiger partial charge in [0.05, 0.1) is 0 Å². The van der Waals surface area contributed by atoms with Crippen LogP contribution in [-0.2, 0) is 9.59 Å². The fourth-order valence-corrected chi connectivity index (χ4v) is 1.86. The van der Waals surface area contributed by atoms with Crippen LogP contribution in [0.25, 0.3) is 0 Å². The second kappa shape index (κ2) is 4.95. The number of nitrogens with zero attached hydrogens (tertiary/aromatic N) is 1. The molecule has 0 aliphatic carbocycles. The molecule has 0 amide bonds. The summed E-state index contributed by atoms with van der Waals surface area (Å²) in [4.78, 5) is 20.8. The van der Waals surface area contributed by atoms with Crippen LogP contribution in [0.15, 0.2) is 0 Å². The first-order valence-electron chi connectivity index (χ1n) is 4.78. The fraction of sp³-hybridized carbons (Fsp3) is 0.778. The van der Waals surface area contributed by atoms with Gasteiger partial charge in [-0.2, -0.15) is 0 Å². The zero-order chi connectivity index (χ0) is 10.6. The van der Waals surface area contributed by atoms with Gasteiger partial charge in [-0.25, -0.2) is 9.59 Å². The Balaban J connectivity index is 0.000000149. The Morgan fingerprint density at radius 2 is 1.29 bits per heavy atom. The molecule has 0 spiro atoms. The highest BCUT2D eigenvalue weighted by Gasteiger charge is 2.24. The Morgan fingerprint density at radius 1 is 0.929 bits per heavy atom. The molecular formula is C9H15NO4. The van der Waals surface area contributed by atoms with E-state index in [1.807, 2.05) is 0 Å². The van der Waals surface area contributed by atoms with Crippen LogP contribution in [0.5, 0.6) is 0 Å². The molecule has 3 aliphatic rings. The van der Waals surface area contributed by atoms with E-state index in [1.54, 1.807) is 0 Å². The van der Waals surface area contributed by atoms with E-state index in [9.17, 15) is 0 Å². The van der Waals surface area contributed by atoms with Crippen molar-refractivity contribution >= 4 is 11.9 Å². The molecule has 3 saturated heterocycles. The summed E-state index contributed by atoms with van der Waals surface area (Å²) in [6, 6.07) is 0. The second-order valence-corrected chi connectivity index (χ2v) is 3.68. The molecule has 5 nitrogen and oxygen atoms in total. The Labute approximate surface area is 82.3 Å².